The predicted octanol–water partition coefficient (Wildman–Crippen LogP) is 2.37. The number of carbonyl (C=O) groups is 2. The van der Waals surface area contributed by atoms with Crippen molar-refractivity contribution in [2.75, 3.05) is 6.61 Å². The Bertz CT molecular complexity index is 461. The number of ether oxygens (including phenoxy) is 2. The van der Waals surface area contributed by atoms with E-state index in [-0.39, 0.29) is 12.5 Å². The lowest BCUT2D eigenvalue weighted by Crippen LogP contribution is -2.38. The summed E-state index contributed by atoms with van der Waals surface area (Å²) in [5.41, 5.74) is 7.89. The average molecular weight is 281 g/mol. The van der Waals surface area contributed by atoms with Gasteiger partial charge in [0.1, 0.15) is 6.61 Å². The summed E-state index contributed by atoms with van der Waals surface area (Å²) in [5.74, 6) is -1.87. The van der Waals surface area contributed by atoms with Gasteiger partial charge in [0.05, 0.1) is 17.6 Å². The summed E-state index contributed by atoms with van der Waals surface area (Å²) in [6.45, 7) is 7.05. The monoisotopic (exact) mass is 281 g/mol. The van der Waals surface area contributed by atoms with Crippen LogP contribution in [0.3, 0.4) is 0 Å². The minimum atomic E-state index is -0.648. The Morgan fingerprint density at radius 1 is 1.35 bits per heavy atom. The smallest absolute Gasteiger partial charge is 0.302 e. The van der Waals surface area contributed by atoms with Crippen molar-refractivity contribution >= 4 is 11.9 Å². The van der Waals surface area contributed by atoms with Gasteiger partial charge in [-0.2, -0.15) is 0 Å². The molecule has 1 aliphatic carbocycles. The van der Waals surface area contributed by atoms with Crippen molar-refractivity contribution in [3.63, 3.8) is 0 Å². The van der Waals surface area contributed by atoms with Crippen LogP contribution in [0, 0.1) is 11.8 Å². The molecule has 0 aromatic carbocycles. The fraction of sp³-hybridized carbons (Fsp3) is 0.692. The van der Waals surface area contributed by atoms with Gasteiger partial charge in [0.25, 0.3) is 0 Å². The Balaban J connectivity index is 2.86. The number of rotatable bonds is 4. The zero-order valence-corrected chi connectivity index (χ0v) is 12.1. The highest BCUT2D eigenvalue weighted by Crippen LogP contribution is 2.32. The Kier molecular flexibility index (Phi) is 5.30. The maximum atomic E-state index is 11.8. The topological polar surface area (TPSA) is 101 Å². The molecule has 1 rings (SSSR count). The van der Waals surface area contributed by atoms with Gasteiger partial charge in [-0.05, 0) is 31.4 Å². The maximum absolute atomic E-state index is 11.8. The third-order valence-electron chi connectivity index (χ3n) is 2.74. The minimum Gasteiger partial charge on any atom is -0.465 e. The summed E-state index contributed by atoms with van der Waals surface area (Å²) in [5, 5.41) is 3.12. The van der Waals surface area contributed by atoms with Crippen LogP contribution in [0.1, 0.15) is 27.7 Å². The Morgan fingerprint density at radius 2 is 2.00 bits per heavy atom. The zero-order chi connectivity index (χ0) is 15.3. The molecular formula is C13H19N3O4. The molecule has 0 aliphatic heterocycles. The molecule has 0 aromatic rings. The third kappa shape index (κ3) is 4.68. The fourth-order valence-corrected chi connectivity index (χ4v) is 2.01. The second kappa shape index (κ2) is 6.54. The summed E-state index contributed by atoms with van der Waals surface area (Å²) < 4.78 is 10.8. The molecule has 20 heavy (non-hydrogen) atoms. The molecule has 0 saturated heterocycles. The number of amides is 1. The van der Waals surface area contributed by atoms with Gasteiger partial charge in [-0.1, -0.05) is 12.2 Å². The van der Waals surface area contributed by atoms with Crippen LogP contribution in [0.15, 0.2) is 17.3 Å². The lowest BCUT2D eigenvalue weighted by Gasteiger charge is -2.31. The third-order valence-corrected chi connectivity index (χ3v) is 2.74. The van der Waals surface area contributed by atoms with Gasteiger partial charge in [-0.25, -0.2) is 0 Å². The summed E-state index contributed by atoms with van der Waals surface area (Å²) in [4.78, 5) is 25.2. The highest BCUT2D eigenvalue weighted by Gasteiger charge is 2.39. The van der Waals surface area contributed by atoms with Crippen LogP contribution in [-0.2, 0) is 19.1 Å². The lowest BCUT2D eigenvalue weighted by atomic mass is 9.97. The van der Waals surface area contributed by atoms with Crippen molar-refractivity contribution in [1.82, 2.24) is 0 Å². The van der Waals surface area contributed by atoms with Crippen molar-refractivity contribution in [2.24, 2.45) is 17.0 Å². The summed E-state index contributed by atoms with van der Waals surface area (Å²) in [7, 11) is 0. The molecule has 3 atom stereocenters. The predicted molar refractivity (Wildman–Crippen MR) is 71.5 cm³/mol. The molecule has 7 heteroatoms. The number of nitrogens with zero attached hydrogens (tertiary/aromatic N) is 3. The molecule has 110 valence electrons. The normalized spacial score (nSPS) is 25.1. The van der Waals surface area contributed by atoms with Crippen LogP contribution >= 0.6 is 0 Å². The number of azide groups is 1. The first-order valence-corrected chi connectivity index (χ1v) is 6.33. The first-order chi connectivity index (χ1) is 9.24. The van der Waals surface area contributed by atoms with Crippen molar-refractivity contribution in [1.29, 1.82) is 0 Å². The van der Waals surface area contributed by atoms with Crippen LogP contribution in [0.5, 0.6) is 0 Å². The number of esters is 1. The van der Waals surface area contributed by atoms with E-state index in [0.717, 1.165) is 0 Å². The highest BCUT2D eigenvalue weighted by atomic mass is 16.5. The quantitative estimate of drug-likeness (QED) is 0.259. The SMILES string of the molecule is CC(=O)OC[C@@H]1C=C[C@H](C(=O)N=[N+]=[N-])[C@H]1OC(C)(C)C. The summed E-state index contributed by atoms with van der Waals surface area (Å²) >= 11 is 0. The van der Waals surface area contributed by atoms with Gasteiger partial charge in [-0.3, -0.25) is 9.59 Å². The largest absolute Gasteiger partial charge is 0.465 e. The molecule has 0 unspecified atom stereocenters. The summed E-state index contributed by atoms with van der Waals surface area (Å²) in [6.07, 6.45) is 2.89. The first-order valence-electron chi connectivity index (χ1n) is 6.33. The maximum Gasteiger partial charge on any atom is 0.302 e. The summed E-state index contributed by atoms with van der Waals surface area (Å²) in [6, 6.07) is 0. The Morgan fingerprint density at radius 3 is 2.50 bits per heavy atom. The van der Waals surface area contributed by atoms with E-state index in [1.54, 1.807) is 12.2 Å². The van der Waals surface area contributed by atoms with E-state index in [0.29, 0.717) is 0 Å². The van der Waals surface area contributed by atoms with E-state index in [2.05, 4.69) is 10.0 Å². The van der Waals surface area contributed by atoms with Crippen molar-refractivity contribution < 1.29 is 19.1 Å². The highest BCUT2D eigenvalue weighted by molar-refractivity contribution is 5.82. The number of hydrogen-bond acceptors (Lipinski definition) is 4. The molecular weight excluding hydrogens is 262 g/mol. The van der Waals surface area contributed by atoms with Gasteiger partial charge in [0, 0.05) is 17.8 Å². The first kappa shape index (κ1) is 16.2. The molecule has 0 aromatic heterocycles. The average Bonchev–Trinajstić information content (AvgIpc) is 2.67. The second-order valence-corrected chi connectivity index (χ2v) is 5.60. The Labute approximate surface area is 117 Å². The van der Waals surface area contributed by atoms with Crippen LogP contribution in [-0.4, -0.2) is 30.2 Å². The van der Waals surface area contributed by atoms with E-state index in [1.165, 1.54) is 6.92 Å². The zero-order valence-electron chi connectivity index (χ0n) is 12.1. The van der Waals surface area contributed by atoms with E-state index >= 15 is 0 Å². The fourth-order valence-electron chi connectivity index (χ4n) is 2.01. The molecule has 7 nitrogen and oxygen atoms in total. The van der Waals surface area contributed by atoms with Crippen molar-refractivity contribution in [3.8, 4) is 0 Å². The Hall–Kier alpha value is -1.85. The van der Waals surface area contributed by atoms with E-state index in [1.807, 2.05) is 20.8 Å². The van der Waals surface area contributed by atoms with Crippen LogP contribution in [0.2, 0.25) is 0 Å². The second-order valence-electron chi connectivity index (χ2n) is 5.60. The van der Waals surface area contributed by atoms with Crippen LogP contribution in [0.4, 0.5) is 0 Å². The molecule has 0 radical (unpaired) electrons. The molecule has 1 aliphatic rings. The molecule has 0 bridgehead atoms. The molecule has 1 amide bonds. The van der Waals surface area contributed by atoms with Crippen molar-refractivity contribution in [2.45, 2.75) is 39.4 Å². The van der Waals surface area contributed by atoms with E-state index in [9.17, 15) is 9.59 Å². The number of hydrogen-bond donors (Lipinski definition) is 0. The van der Waals surface area contributed by atoms with Gasteiger partial charge >= 0.3 is 5.97 Å². The molecule has 0 spiro atoms. The molecule has 0 N–H and O–H groups in total. The lowest BCUT2D eigenvalue weighted by molar-refractivity contribution is -0.147. The van der Waals surface area contributed by atoms with E-state index < -0.39 is 29.5 Å². The van der Waals surface area contributed by atoms with Gasteiger partial charge in [-0.15, -0.1) is 0 Å². The van der Waals surface area contributed by atoms with Crippen molar-refractivity contribution in [3.05, 3.63) is 22.6 Å². The van der Waals surface area contributed by atoms with E-state index in [4.69, 9.17) is 15.0 Å². The van der Waals surface area contributed by atoms with Gasteiger partial charge in [0.2, 0.25) is 5.91 Å². The van der Waals surface area contributed by atoms with Gasteiger partial charge < -0.3 is 9.47 Å². The number of carbonyl (C=O) groups excluding carboxylic acids is 2. The standard InChI is InChI=1S/C13H19N3O4/c1-8(17)19-7-9-5-6-10(12(18)15-16-14)11(9)20-13(2,3)4/h5-6,9-11H,7H2,1-4H3/t9-,10-,11-/m0/s1. The molecule has 0 fully saturated rings. The van der Waals surface area contributed by atoms with Crippen LogP contribution in [0.25, 0.3) is 10.4 Å². The molecule has 0 saturated carbocycles. The minimum absolute atomic E-state index is 0.132. The van der Waals surface area contributed by atoms with Gasteiger partial charge in [0.15, 0.2) is 0 Å². The van der Waals surface area contributed by atoms with Crippen LogP contribution < -0.4 is 0 Å². The molecule has 0 heterocycles.